The molecule has 1 atom stereocenters. The topological polar surface area (TPSA) is 52.6 Å². The van der Waals surface area contributed by atoms with E-state index >= 15 is 0 Å². The number of hydrogen-bond acceptors (Lipinski definition) is 4. The van der Waals surface area contributed by atoms with Gasteiger partial charge in [-0.3, -0.25) is 14.5 Å². The van der Waals surface area contributed by atoms with E-state index in [-0.39, 0.29) is 17.9 Å². The van der Waals surface area contributed by atoms with Crippen molar-refractivity contribution in [3.05, 3.63) is 34.7 Å². The van der Waals surface area contributed by atoms with Gasteiger partial charge in [-0.05, 0) is 43.7 Å². The fourth-order valence-electron chi connectivity index (χ4n) is 4.72. The predicted octanol–water partition coefficient (Wildman–Crippen LogP) is 3.95. The van der Waals surface area contributed by atoms with Crippen LogP contribution in [0.25, 0.3) is 10.1 Å². The standard InChI is InChI=1S/C24H33N3O2S/c1-4-5-6-7-11-21-18(17-10-8-9-12-20(17)30-21)15-26-13-14-27-19(16-26)22(28)25-24(2,3)23(27)29/h8-10,12,19H,4-7,11,13-16H2,1-3H3,(H,25,28). The summed E-state index contributed by atoms with van der Waals surface area (Å²) in [5.41, 5.74) is 0.619. The Kier molecular flexibility index (Phi) is 6.16. The average Bonchev–Trinajstić information content (AvgIpc) is 3.07. The molecule has 1 aromatic carbocycles. The predicted molar refractivity (Wildman–Crippen MR) is 123 cm³/mol. The zero-order chi connectivity index (χ0) is 21.3. The van der Waals surface area contributed by atoms with E-state index in [1.807, 2.05) is 11.3 Å². The molecule has 6 heteroatoms. The summed E-state index contributed by atoms with van der Waals surface area (Å²) >= 11 is 1.92. The van der Waals surface area contributed by atoms with Crippen molar-refractivity contribution in [3.8, 4) is 0 Å². The Hall–Kier alpha value is -1.92. The van der Waals surface area contributed by atoms with Gasteiger partial charge in [-0.25, -0.2) is 0 Å². The van der Waals surface area contributed by atoms with Gasteiger partial charge in [0, 0.05) is 35.8 Å². The molecule has 0 spiro atoms. The van der Waals surface area contributed by atoms with Gasteiger partial charge in [0.05, 0.1) is 0 Å². The summed E-state index contributed by atoms with van der Waals surface area (Å²) in [6, 6.07) is 8.30. The number of nitrogens with one attached hydrogen (secondary N) is 1. The van der Waals surface area contributed by atoms with Crippen molar-refractivity contribution in [1.82, 2.24) is 15.1 Å². The average molecular weight is 428 g/mol. The molecule has 0 radical (unpaired) electrons. The van der Waals surface area contributed by atoms with Crippen molar-refractivity contribution in [2.24, 2.45) is 0 Å². The van der Waals surface area contributed by atoms with Crippen molar-refractivity contribution in [3.63, 3.8) is 0 Å². The number of hydrogen-bond donors (Lipinski definition) is 1. The lowest BCUT2D eigenvalue weighted by Crippen LogP contribution is -2.72. The van der Waals surface area contributed by atoms with Crippen LogP contribution in [0.1, 0.15) is 56.9 Å². The largest absolute Gasteiger partial charge is 0.340 e. The number of aryl methyl sites for hydroxylation is 1. The number of amides is 2. The van der Waals surface area contributed by atoms with Crippen LogP contribution in [0, 0.1) is 0 Å². The first kappa shape index (κ1) is 21.3. The summed E-state index contributed by atoms with van der Waals surface area (Å²) in [4.78, 5) is 31.1. The van der Waals surface area contributed by atoms with Crippen LogP contribution in [0.2, 0.25) is 0 Å². The molecular weight excluding hydrogens is 394 g/mol. The Balaban J connectivity index is 1.52. The van der Waals surface area contributed by atoms with E-state index in [2.05, 4.69) is 41.4 Å². The van der Waals surface area contributed by atoms with Crippen LogP contribution < -0.4 is 5.32 Å². The Labute approximate surface area is 183 Å². The quantitative estimate of drug-likeness (QED) is 0.681. The second kappa shape index (κ2) is 8.67. The van der Waals surface area contributed by atoms with Crippen LogP contribution in [-0.2, 0) is 22.6 Å². The molecule has 5 nitrogen and oxygen atoms in total. The van der Waals surface area contributed by atoms with Crippen molar-refractivity contribution in [2.75, 3.05) is 19.6 Å². The van der Waals surface area contributed by atoms with E-state index in [0.717, 1.165) is 19.5 Å². The number of thiophene rings is 1. The molecule has 1 unspecified atom stereocenters. The summed E-state index contributed by atoms with van der Waals surface area (Å²) < 4.78 is 1.35. The minimum Gasteiger partial charge on any atom is -0.340 e. The van der Waals surface area contributed by atoms with Crippen LogP contribution in [0.3, 0.4) is 0 Å². The number of unbranched alkanes of at least 4 members (excludes halogenated alkanes) is 3. The van der Waals surface area contributed by atoms with E-state index in [9.17, 15) is 9.59 Å². The molecule has 2 aliphatic heterocycles. The van der Waals surface area contributed by atoms with Crippen LogP contribution >= 0.6 is 11.3 Å². The molecular formula is C24H33N3O2S. The molecule has 2 aromatic rings. The summed E-state index contributed by atoms with van der Waals surface area (Å²) in [7, 11) is 0. The number of rotatable bonds is 7. The van der Waals surface area contributed by atoms with E-state index in [4.69, 9.17) is 0 Å². The first-order valence-corrected chi connectivity index (χ1v) is 12.1. The number of carbonyl (C=O) groups is 2. The molecule has 2 amide bonds. The van der Waals surface area contributed by atoms with Crippen LogP contribution in [-0.4, -0.2) is 52.8 Å². The number of carbonyl (C=O) groups excluding carboxylic acids is 2. The van der Waals surface area contributed by atoms with Gasteiger partial charge in [-0.1, -0.05) is 44.4 Å². The lowest BCUT2D eigenvalue weighted by Gasteiger charge is -2.47. The maximum atomic E-state index is 12.7. The van der Waals surface area contributed by atoms with E-state index < -0.39 is 5.54 Å². The third-order valence-corrected chi connectivity index (χ3v) is 7.69. The molecule has 2 saturated heterocycles. The minimum absolute atomic E-state index is 0.0285. The summed E-state index contributed by atoms with van der Waals surface area (Å²) in [5.74, 6) is 0.00334. The van der Waals surface area contributed by atoms with Gasteiger partial charge in [0.15, 0.2) is 0 Å². The Bertz CT molecular complexity index is 936. The first-order valence-electron chi connectivity index (χ1n) is 11.3. The van der Waals surface area contributed by atoms with Gasteiger partial charge in [-0.15, -0.1) is 11.3 Å². The maximum Gasteiger partial charge on any atom is 0.248 e. The Morgan fingerprint density at radius 1 is 1.13 bits per heavy atom. The number of fused-ring (bicyclic) bond motifs is 2. The highest BCUT2D eigenvalue weighted by Crippen LogP contribution is 2.34. The molecule has 0 aliphatic carbocycles. The van der Waals surface area contributed by atoms with E-state index in [1.54, 1.807) is 18.7 Å². The van der Waals surface area contributed by atoms with E-state index in [0.29, 0.717) is 13.1 Å². The van der Waals surface area contributed by atoms with Gasteiger partial charge in [0.25, 0.3) is 0 Å². The Morgan fingerprint density at radius 3 is 2.73 bits per heavy atom. The van der Waals surface area contributed by atoms with Crippen molar-refractivity contribution in [1.29, 1.82) is 0 Å². The zero-order valence-electron chi connectivity index (χ0n) is 18.4. The molecule has 3 heterocycles. The molecule has 0 saturated carbocycles. The highest BCUT2D eigenvalue weighted by Gasteiger charge is 2.47. The fourth-order valence-corrected chi connectivity index (χ4v) is 5.97. The zero-order valence-corrected chi connectivity index (χ0v) is 19.2. The van der Waals surface area contributed by atoms with Crippen LogP contribution in [0.4, 0.5) is 0 Å². The monoisotopic (exact) mass is 427 g/mol. The number of benzene rings is 1. The van der Waals surface area contributed by atoms with Gasteiger partial charge in [0.1, 0.15) is 11.6 Å². The fraction of sp³-hybridized carbons (Fsp3) is 0.583. The summed E-state index contributed by atoms with van der Waals surface area (Å²) in [5, 5.41) is 4.26. The molecule has 1 aromatic heterocycles. The van der Waals surface area contributed by atoms with Gasteiger partial charge < -0.3 is 10.2 Å². The molecule has 4 rings (SSSR count). The van der Waals surface area contributed by atoms with Gasteiger partial charge >= 0.3 is 0 Å². The minimum atomic E-state index is -0.801. The van der Waals surface area contributed by atoms with Gasteiger partial charge in [-0.2, -0.15) is 0 Å². The van der Waals surface area contributed by atoms with Crippen molar-refractivity contribution < 1.29 is 9.59 Å². The number of nitrogens with zero attached hydrogens (tertiary/aromatic N) is 2. The number of piperazine rings is 2. The second-order valence-electron chi connectivity index (χ2n) is 9.17. The van der Waals surface area contributed by atoms with Crippen molar-refractivity contribution >= 4 is 33.2 Å². The third-order valence-electron chi connectivity index (χ3n) is 6.42. The molecule has 2 fully saturated rings. The first-order chi connectivity index (χ1) is 14.4. The third kappa shape index (κ3) is 4.12. The highest BCUT2D eigenvalue weighted by atomic mass is 32.1. The lowest BCUT2D eigenvalue weighted by molar-refractivity contribution is -0.157. The molecule has 2 aliphatic rings. The maximum absolute atomic E-state index is 12.7. The highest BCUT2D eigenvalue weighted by molar-refractivity contribution is 7.19. The SMILES string of the molecule is CCCCCCc1sc2ccccc2c1CN1CCN2C(=O)C(C)(C)NC(=O)C2C1. The second-order valence-corrected chi connectivity index (χ2v) is 10.3. The summed E-state index contributed by atoms with van der Waals surface area (Å²) in [6.45, 7) is 8.71. The molecule has 162 valence electrons. The van der Waals surface area contributed by atoms with Crippen molar-refractivity contribution in [2.45, 2.75) is 71.0 Å². The lowest BCUT2D eigenvalue weighted by atomic mass is 9.95. The molecule has 0 bridgehead atoms. The van der Waals surface area contributed by atoms with Crippen LogP contribution in [0.15, 0.2) is 24.3 Å². The molecule has 1 N–H and O–H groups in total. The Morgan fingerprint density at radius 2 is 1.93 bits per heavy atom. The smallest absolute Gasteiger partial charge is 0.248 e. The van der Waals surface area contributed by atoms with Crippen LogP contribution in [0.5, 0.6) is 0 Å². The normalized spacial score (nSPS) is 21.7. The summed E-state index contributed by atoms with van der Waals surface area (Å²) in [6.07, 6.45) is 6.19. The van der Waals surface area contributed by atoms with E-state index in [1.165, 1.54) is 46.2 Å². The van der Waals surface area contributed by atoms with Gasteiger partial charge in [0.2, 0.25) is 11.8 Å². The molecule has 30 heavy (non-hydrogen) atoms.